The monoisotopic (exact) mass is 352 g/mol. The molecule has 0 unspecified atom stereocenters. The van der Waals surface area contributed by atoms with Crippen LogP contribution >= 0.6 is 0 Å². The van der Waals surface area contributed by atoms with E-state index in [9.17, 15) is 4.79 Å². The maximum Gasteiger partial charge on any atom is 0.270 e. The molecule has 0 atom stereocenters. The molecule has 2 heterocycles. The molecule has 0 saturated carbocycles. The van der Waals surface area contributed by atoms with Gasteiger partial charge in [-0.3, -0.25) is 4.79 Å². The van der Waals surface area contributed by atoms with E-state index in [1.165, 1.54) is 40.8 Å². The van der Waals surface area contributed by atoms with E-state index in [1.807, 2.05) is 4.90 Å². The van der Waals surface area contributed by atoms with Crippen molar-refractivity contribution in [2.45, 2.75) is 46.1 Å². The van der Waals surface area contributed by atoms with E-state index in [0.29, 0.717) is 26.3 Å². The summed E-state index contributed by atoms with van der Waals surface area (Å²) < 4.78 is 7.75. The van der Waals surface area contributed by atoms with E-state index in [1.54, 1.807) is 0 Å². The van der Waals surface area contributed by atoms with Gasteiger partial charge in [0.1, 0.15) is 5.69 Å². The SMILES string of the molecule is Cc1cccc(Cn2c3c(c(C)c2C(=O)N2CCOCC2)CCCC3)c1. The topological polar surface area (TPSA) is 34.5 Å². The van der Waals surface area contributed by atoms with Crippen LogP contribution in [0.4, 0.5) is 0 Å². The van der Waals surface area contributed by atoms with Crippen molar-refractivity contribution in [1.29, 1.82) is 0 Å². The first-order valence-electron chi connectivity index (χ1n) is 9.78. The number of benzene rings is 1. The number of ether oxygens (including phenoxy) is 1. The van der Waals surface area contributed by atoms with Crippen LogP contribution in [-0.2, 0) is 24.1 Å². The molecule has 4 heteroatoms. The van der Waals surface area contributed by atoms with Crippen LogP contribution in [0.5, 0.6) is 0 Å². The fourth-order valence-electron chi connectivity index (χ4n) is 4.43. The van der Waals surface area contributed by atoms with Crippen molar-refractivity contribution in [3.05, 3.63) is 57.9 Å². The number of hydrogen-bond acceptors (Lipinski definition) is 2. The summed E-state index contributed by atoms with van der Waals surface area (Å²) in [6.45, 7) is 7.72. The van der Waals surface area contributed by atoms with Crippen molar-refractivity contribution in [2.24, 2.45) is 0 Å². The number of morpholine rings is 1. The third-order valence-electron chi connectivity index (χ3n) is 5.77. The van der Waals surface area contributed by atoms with Crippen LogP contribution in [0, 0.1) is 13.8 Å². The van der Waals surface area contributed by atoms with Gasteiger partial charge in [-0.05, 0) is 56.2 Å². The number of nitrogens with zero attached hydrogens (tertiary/aromatic N) is 2. The summed E-state index contributed by atoms with van der Waals surface area (Å²) in [5.74, 6) is 0.174. The van der Waals surface area contributed by atoms with Crippen molar-refractivity contribution in [3.8, 4) is 0 Å². The number of fused-ring (bicyclic) bond motifs is 1. The Kier molecular flexibility index (Phi) is 4.86. The Morgan fingerprint density at radius 1 is 1.12 bits per heavy atom. The minimum atomic E-state index is 0.174. The Morgan fingerprint density at radius 3 is 2.65 bits per heavy atom. The summed E-state index contributed by atoms with van der Waals surface area (Å²) in [4.78, 5) is 15.3. The third-order valence-corrected chi connectivity index (χ3v) is 5.77. The van der Waals surface area contributed by atoms with Gasteiger partial charge in [-0.15, -0.1) is 0 Å². The lowest BCUT2D eigenvalue weighted by Gasteiger charge is -2.28. The predicted molar refractivity (Wildman–Crippen MR) is 103 cm³/mol. The molecule has 2 aromatic rings. The molecule has 1 fully saturated rings. The van der Waals surface area contributed by atoms with Crippen LogP contribution < -0.4 is 0 Å². The number of aryl methyl sites for hydroxylation is 1. The van der Waals surface area contributed by atoms with Gasteiger partial charge >= 0.3 is 0 Å². The molecule has 0 N–H and O–H groups in total. The van der Waals surface area contributed by atoms with E-state index in [2.05, 4.69) is 42.7 Å². The average molecular weight is 352 g/mol. The largest absolute Gasteiger partial charge is 0.378 e. The molecular weight excluding hydrogens is 324 g/mol. The highest BCUT2D eigenvalue weighted by Gasteiger charge is 2.29. The Labute approximate surface area is 155 Å². The number of carbonyl (C=O) groups is 1. The first-order valence-corrected chi connectivity index (χ1v) is 9.78. The smallest absolute Gasteiger partial charge is 0.270 e. The van der Waals surface area contributed by atoms with Crippen molar-refractivity contribution >= 4 is 5.91 Å². The molecule has 1 aromatic carbocycles. The molecule has 0 radical (unpaired) electrons. The highest BCUT2D eigenvalue weighted by molar-refractivity contribution is 5.95. The lowest BCUT2D eigenvalue weighted by Crippen LogP contribution is -2.41. The van der Waals surface area contributed by atoms with Gasteiger partial charge in [-0.2, -0.15) is 0 Å². The van der Waals surface area contributed by atoms with Gasteiger partial charge in [0.2, 0.25) is 0 Å². The average Bonchev–Trinajstić information content (AvgIpc) is 2.94. The number of rotatable bonds is 3. The van der Waals surface area contributed by atoms with E-state index < -0.39 is 0 Å². The van der Waals surface area contributed by atoms with E-state index >= 15 is 0 Å². The van der Waals surface area contributed by atoms with Crippen LogP contribution in [0.3, 0.4) is 0 Å². The van der Waals surface area contributed by atoms with Gasteiger partial charge in [0.25, 0.3) is 5.91 Å². The molecule has 1 amide bonds. The zero-order chi connectivity index (χ0) is 18.1. The maximum absolute atomic E-state index is 13.4. The second kappa shape index (κ2) is 7.28. The number of carbonyl (C=O) groups excluding carboxylic acids is 1. The zero-order valence-corrected chi connectivity index (χ0v) is 15.9. The first-order chi connectivity index (χ1) is 12.6. The lowest BCUT2D eigenvalue weighted by atomic mass is 9.95. The van der Waals surface area contributed by atoms with Gasteiger partial charge in [0, 0.05) is 25.3 Å². The van der Waals surface area contributed by atoms with Crippen molar-refractivity contribution in [3.63, 3.8) is 0 Å². The zero-order valence-electron chi connectivity index (χ0n) is 15.9. The second-order valence-corrected chi connectivity index (χ2v) is 7.59. The Bertz CT molecular complexity index is 816. The highest BCUT2D eigenvalue weighted by Crippen LogP contribution is 2.31. The molecule has 4 nitrogen and oxygen atoms in total. The summed E-state index contributed by atoms with van der Waals surface area (Å²) >= 11 is 0. The molecule has 1 saturated heterocycles. The Morgan fingerprint density at radius 2 is 1.88 bits per heavy atom. The molecule has 138 valence electrons. The van der Waals surface area contributed by atoms with Crippen LogP contribution in [-0.4, -0.2) is 41.7 Å². The molecule has 0 bridgehead atoms. The number of aromatic nitrogens is 1. The molecule has 0 spiro atoms. The highest BCUT2D eigenvalue weighted by atomic mass is 16.5. The molecule has 4 rings (SSSR count). The summed E-state index contributed by atoms with van der Waals surface area (Å²) in [6, 6.07) is 8.63. The molecule has 2 aliphatic rings. The number of hydrogen-bond donors (Lipinski definition) is 0. The predicted octanol–water partition coefficient (Wildman–Crippen LogP) is 3.50. The van der Waals surface area contributed by atoms with E-state index in [0.717, 1.165) is 25.1 Å². The van der Waals surface area contributed by atoms with Gasteiger partial charge < -0.3 is 14.2 Å². The standard InChI is InChI=1S/C22H28N2O2/c1-16-6-5-7-18(14-16)15-24-20-9-4-3-8-19(20)17(2)21(24)22(25)23-10-12-26-13-11-23/h5-7,14H,3-4,8-13,15H2,1-2H3. The summed E-state index contributed by atoms with van der Waals surface area (Å²) in [7, 11) is 0. The van der Waals surface area contributed by atoms with Crippen LogP contribution in [0.1, 0.15) is 51.3 Å². The van der Waals surface area contributed by atoms with Crippen molar-refractivity contribution < 1.29 is 9.53 Å². The summed E-state index contributed by atoms with van der Waals surface area (Å²) in [5, 5.41) is 0. The molecule has 26 heavy (non-hydrogen) atoms. The fourth-order valence-corrected chi connectivity index (χ4v) is 4.43. The van der Waals surface area contributed by atoms with E-state index in [4.69, 9.17) is 4.74 Å². The number of amides is 1. The fraction of sp³-hybridized carbons (Fsp3) is 0.500. The van der Waals surface area contributed by atoms with Crippen LogP contribution in [0.25, 0.3) is 0 Å². The van der Waals surface area contributed by atoms with Crippen molar-refractivity contribution in [1.82, 2.24) is 9.47 Å². The summed E-state index contributed by atoms with van der Waals surface area (Å²) in [6.07, 6.45) is 4.63. The maximum atomic E-state index is 13.4. The lowest BCUT2D eigenvalue weighted by molar-refractivity contribution is 0.0295. The second-order valence-electron chi connectivity index (χ2n) is 7.59. The van der Waals surface area contributed by atoms with E-state index in [-0.39, 0.29) is 5.91 Å². The Balaban J connectivity index is 1.76. The van der Waals surface area contributed by atoms with Gasteiger partial charge in [0.05, 0.1) is 13.2 Å². The first kappa shape index (κ1) is 17.3. The quantitative estimate of drug-likeness (QED) is 0.847. The minimum Gasteiger partial charge on any atom is -0.378 e. The van der Waals surface area contributed by atoms with Gasteiger partial charge in [-0.1, -0.05) is 29.8 Å². The molecule has 1 aliphatic carbocycles. The van der Waals surface area contributed by atoms with Crippen molar-refractivity contribution in [2.75, 3.05) is 26.3 Å². The normalized spacial score (nSPS) is 17.2. The third kappa shape index (κ3) is 3.18. The van der Waals surface area contributed by atoms with Crippen LogP contribution in [0.15, 0.2) is 24.3 Å². The van der Waals surface area contributed by atoms with Gasteiger partial charge in [0.15, 0.2) is 0 Å². The van der Waals surface area contributed by atoms with Crippen LogP contribution in [0.2, 0.25) is 0 Å². The molecule has 1 aromatic heterocycles. The minimum absolute atomic E-state index is 0.174. The Hall–Kier alpha value is -2.07. The molecule has 1 aliphatic heterocycles. The van der Waals surface area contributed by atoms with Gasteiger partial charge in [-0.25, -0.2) is 0 Å². The molecular formula is C22H28N2O2. The summed E-state index contributed by atoms with van der Waals surface area (Å²) in [5.41, 5.74) is 7.43.